The molecule has 0 aliphatic carbocycles. The molecule has 0 unspecified atom stereocenters. The second-order valence-electron chi connectivity index (χ2n) is 4.77. The summed E-state index contributed by atoms with van der Waals surface area (Å²) in [5.74, 6) is -1.55. The van der Waals surface area contributed by atoms with Crippen LogP contribution in [0.15, 0.2) is 41.3 Å². The van der Waals surface area contributed by atoms with Gasteiger partial charge in [0.25, 0.3) is 5.56 Å². The van der Waals surface area contributed by atoms with Gasteiger partial charge in [-0.2, -0.15) is 0 Å². The maximum atomic E-state index is 14.0. The van der Waals surface area contributed by atoms with E-state index < -0.39 is 17.2 Å². The highest BCUT2D eigenvalue weighted by molar-refractivity contribution is 6.30. The van der Waals surface area contributed by atoms with Crippen LogP contribution < -0.4 is 5.56 Å². The normalized spacial score (nSPS) is 11.1. The molecule has 0 spiro atoms. The van der Waals surface area contributed by atoms with Crippen molar-refractivity contribution in [2.24, 2.45) is 0 Å². The van der Waals surface area contributed by atoms with Gasteiger partial charge in [-0.25, -0.2) is 13.8 Å². The van der Waals surface area contributed by atoms with Crippen molar-refractivity contribution in [3.05, 3.63) is 63.7 Å². The number of aryl methyl sites for hydroxylation is 1. The van der Waals surface area contributed by atoms with Crippen molar-refractivity contribution in [2.45, 2.75) is 13.5 Å². The predicted octanol–water partition coefficient (Wildman–Crippen LogP) is 4.02. The zero-order valence-corrected chi connectivity index (χ0v) is 12.4. The third kappa shape index (κ3) is 2.27. The van der Waals surface area contributed by atoms with Crippen LogP contribution >= 0.6 is 11.6 Å². The zero-order valence-electron chi connectivity index (χ0n) is 11.6. The Labute approximate surface area is 129 Å². The minimum absolute atomic E-state index is 0.0333. The number of rotatable bonds is 2. The Balaban J connectivity index is 2.44. The van der Waals surface area contributed by atoms with Crippen LogP contribution in [0, 0.1) is 11.6 Å². The molecule has 0 bridgehead atoms. The summed E-state index contributed by atoms with van der Waals surface area (Å²) in [5.41, 5.74) is -0.255. The summed E-state index contributed by atoms with van der Waals surface area (Å²) in [6, 6.07) is 6.50. The number of fused-ring (bicyclic) bond motifs is 1. The molecule has 0 saturated carbocycles. The number of benzene rings is 1. The van der Waals surface area contributed by atoms with Crippen LogP contribution in [0.2, 0.25) is 5.15 Å². The largest absolute Gasteiger partial charge is 0.308 e. The van der Waals surface area contributed by atoms with Crippen molar-refractivity contribution in [3.63, 3.8) is 0 Å². The SMILES string of the molecule is CCn1c(=O)c(-c2c(F)cccc2F)cc2cnc(Cl)cc21. The van der Waals surface area contributed by atoms with E-state index in [-0.39, 0.29) is 16.3 Å². The minimum Gasteiger partial charge on any atom is -0.308 e. The van der Waals surface area contributed by atoms with Crippen LogP contribution in [0.3, 0.4) is 0 Å². The maximum Gasteiger partial charge on any atom is 0.259 e. The second kappa shape index (κ2) is 5.50. The standard InChI is InChI=1S/C16H11ClF2N2O/c1-2-21-13-7-14(17)20-8-9(13)6-10(16(21)22)15-11(18)4-3-5-12(15)19/h3-8H,2H2,1H3. The smallest absolute Gasteiger partial charge is 0.259 e. The lowest BCUT2D eigenvalue weighted by Crippen LogP contribution is -2.22. The van der Waals surface area contributed by atoms with Crippen LogP contribution in [0.25, 0.3) is 22.0 Å². The van der Waals surface area contributed by atoms with Crippen molar-refractivity contribution in [1.82, 2.24) is 9.55 Å². The van der Waals surface area contributed by atoms with Gasteiger partial charge in [-0.1, -0.05) is 17.7 Å². The highest BCUT2D eigenvalue weighted by atomic mass is 35.5. The lowest BCUT2D eigenvalue weighted by atomic mass is 10.0. The third-order valence-corrected chi connectivity index (χ3v) is 3.70. The van der Waals surface area contributed by atoms with Gasteiger partial charge < -0.3 is 4.57 Å². The number of nitrogens with zero attached hydrogens (tertiary/aromatic N) is 2. The Bertz CT molecular complexity index is 917. The van der Waals surface area contributed by atoms with Crippen molar-refractivity contribution in [2.75, 3.05) is 0 Å². The van der Waals surface area contributed by atoms with Gasteiger partial charge in [-0.15, -0.1) is 0 Å². The fraction of sp³-hybridized carbons (Fsp3) is 0.125. The summed E-state index contributed by atoms with van der Waals surface area (Å²) in [7, 11) is 0. The van der Waals surface area contributed by atoms with E-state index in [2.05, 4.69) is 4.98 Å². The van der Waals surface area contributed by atoms with E-state index in [1.807, 2.05) is 0 Å². The van der Waals surface area contributed by atoms with Crippen LogP contribution in [-0.2, 0) is 6.54 Å². The summed E-state index contributed by atoms with van der Waals surface area (Å²) in [4.78, 5) is 16.6. The van der Waals surface area contributed by atoms with E-state index in [9.17, 15) is 13.6 Å². The molecule has 0 radical (unpaired) electrons. The lowest BCUT2D eigenvalue weighted by molar-refractivity contribution is 0.588. The average molecular weight is 321 g/mol. The van der Waals surface area contributed by atoms with Gasteiger partial charge in [0.1, 0.15) is 16.8 Å². The molecule has 3 rings (SSSR count). The van der Waals surface area contributed by atoms with Gasteiger partial charge in [-0.3, -0.25) is 4.79 Å². The van der Waals surface area contributed by atoms with E-state index in [0.717, 1.165) is 12.1 Å². The summed E-state index contributed by atoms with van der Waals surface area (Å²) in [6.45, 7) is 2.12. The van der Waals surface area contributed by atoms with Gasteiger partial charge in [0, 0.05) is 18.1 Å². The first kappa shape index (κ1) is 14.7. The Morgan fingerprint density at radius 1 is 1.23 bits per heavy atom. The molecule has 3 aromatic rings. The summed E-state index contributed by atoms with van der Waals surface area (Å²) in [5, 5.41) is 0.836. The summed E-state index contributed by atoms with van der Waals surface area (Å²) in [6.07, 6.45) is 1.48. The topological polar surface area (TPSA) is 34.9 Å². The Kier molecular flexibility index (Phi) is 3.66. The fourth-order valence-corrected chi connectivity index (χ4v) is 2.65. The molecular formula is C16H11ClF2N2O. The predicted molar refractivity (Wildman–Crippen MR) is 82.0 cm³/mol. The van der Waals surface area contributed by atoms with Crippen LogP contribution in [0.1, 0.15) is 6.92 Å². The number of pyridine rings is 2. The van der Waals surface area contributed by atoms with Gasteiger partial charge in [0.15, 0.2) is 0 Å². The molecule has 0 fully saturated rings. The van der Waals surface area contributed by atoms with E-state index in [1.54, 1.807) is 13.0 Å². The zero-order chi connectivity index (χ0) is 15.9. The molecule has 22 heavy (non-hydrogen) atoms. The molecular weight excluding hydrogens is 310 g/mol. The quantitative estimate of drug-likeness (QED) is 0.669. The molecule has 2 heterocycles. The van der Waals surface area contributed by atoms with Crippen molar-refractivity contribution in [3.8, 4) is 11.1 Å². The van der Waals surface area contributed by atoms with Gasteiger partial charge in [0.05, 0.1) is 16.6 Å². The van der Waals surface area contributed by atoms with Gasteiger partial charge in [-0.05, 0) is 31.2 Å². The first-order valence-electron chi connectivity index (χ1n) is 6.66. The Hall–Kier alpha value is -2.27. The monoisotopic (exact) mass is 320 g/mol. The fourth-order valence-electron chi connectivity index (χ4n) is 2.50. The van der Waals surface area contributed by atoms with E-state index in [4.69, 9.17) is 11.6 Å². The number of halogens is 3. The van der Waals surface area contributed by atoms with Crippen LogP contribution in [-0.4, -0.2) is 9.55 Å². The van der Waals surface area contributed by atoms with Gasteiger partial charge >= 0.3 is 0 Å². The molecule has 0 aliphatic heterocycles. The summed E-state index contributed by atoms with van der Waals surface area (Å²) >= 11 is 5.86. The lowest BCUT2D eigenvalue weighted by Gasteiger charge is -2.12. The van der Waals surface area contributed by atoms with Crippen molar-refractivity contribution < 1.29 is 8.78 Å². The molecule has 0 N–H and O–H groups in total. The molecule has 6 heteroatoms. The second-order valence-corrected chi connectivity index (χ2v) is 5.16. The molecule has 0 atom stereocenters. The molecule has 1 aromatic carbocycles. The highest BCUT2D eigenvalue weighted by Gasteiger charge is 2.17. The maximum absolute atomic E-state index is 14.0. The van der Waals surface area contributed by atoms with E-state index in [1.165, 1.54) is 22.9 Å². The van der Waals surface area contributed by atoms with Crippen LogP contribution in [0.4, 0.5) is 8.78 Å². The Morgan fingerprint density at radius 2 is 1.91 bits per heavy atom. The Morgan fingerprint density at radius 3 is 2.55 bits per heavy atom. The molecule has 0 saturated heterocycles. The number of hydrogen-bond donors (Lipinski definition) is 0. The molecule has 112 valence electrons. The van der Waals surface area contributed by atoms with Gasteiger partial charge in [0.2, 0.25) is 0 Å². The summed E-state index contributed by atoms with van der Waals surface area (Å²) < 4.78 is 29.4. The number of hydrogen-bond acceptors (Lipinski definition) is 2. The molecule has 0 amide bonds. The third-order valence-electron chi connectivity index (χ3n) is 3.49. The highest BCUT2D eigenvalue weighted by Crippen LogP contribution is 2.26. The van der Waals surface area contributed by atoms with E-state index in [0.29, 0.717) is 17.4 Å². The van der Waals surface area contributed by atoms with Crippen molar-refractivity contribution in [1.29, 1.82) is 0 Å². The molecule has 3 nitrogen and oxygen atoms in total. The van der Waals surface area contributed by atoms with Crippen molar-refractivity contribution >= 4 is 22.5 Å². The molecule has 2 aromatic heterocycles. The average Bonchev–Trinajstić information content (AvgIpc) is 2.48. The molecule has 0 aliphatic rings. The number of aromatic nitrogens is 2. The van der Waals surface area contributed by atoms with E-state index >= 15 is 0 Å². The first-order chi connectivity index (χ1) is 10.5. The van der Waals surface area contributed by atoms with Crippen LogP contribution in [0.5, 0.6) is 0 Å². The first-order valence-corrected chi connectivity index (χ1v) is 7.04. The minimum atomic E-state index is -0.777.